The fourth-order valence-corrected chi connectivity index (χ4v) is 2.04. The average molecular weight is 280 g/mol. The third kappa shape index (κ3) is 3.06. The zero-order valence-corrected chi connectivity index (χ0v) is 10.8. The fraction of sp³-hybridized carbons (Fsp3) is 0.385. The number of ether oxygens (including phenoxy) is 1. The molecule has 2 amide bonds. The van der Waals surface area contributed by atoms with Crippen molar-refractivity contribution >= 4 is 17.7 Å². The summed E-state index contributed by atoms with van der Waals surface area (Å²) in [7, 11) is 0. The predicted octanol–water partition coefficient (Wildman–Crippen LogP) is 0.610. The van der Waals surface area contributed by atoms with Crippen molar-refractivity contribution in [2.24, 2.45) is 0 Å². The van der Waals surface area contributed by atoms with Gasteiger partial charge in [0.05, 0.1) is 37.1 Å². The van der Waals surface area contributed by atoms with Crippen LogP contribution in [0.1, 0.15) is 10.4 Å². The average Bonchev–Trinajstić information content (AvgIpc) is 2.47. The first-order valence-electron chi connectivity index (χ1n) is 6.22. The lowest BCUT2D eigenvalue weighted by Gasteiger charge is -2.34. The number of hydrogen-bond acceptors (Lipinski definition) is 4. The number of rotatable bonds is 3. The number of urea groups is 1. The van der Waals surface area contributed by atoms with Crippen LogP contribution in [0, 0.1) is 0 Å². The van der Waals surface area contributed by atoms with Gasteiger partial charge in [-0.3, -0.25) is 0 Å². The molecular formula is C13H16N2O5. The summed E-state index contributed by atoms with van der Waals surface area (Å²) in [6.45, 7) is 0.815. The van der Waals surface area contributed by atoms with E-state index in [0.717, 1.165) is 0 Å². The van der Waals surface area contributed by atoms with Crippen molar-refractivity contribution in [2.45, 2.75) is 6.04 Å². The van der Waals surface area contributed by atoms with Gasteiger partial charge in [-0.05, 0) is 12.1 Å². The highest BCUT2D eigenvalue weighted by atomic mass is 16.5. The van der Waals surface area contributed by atoms with Gasteiger partial charge in [0.2, 0.25) is 0 Å². The van der Waals surface area contributed by atoms with Crippen LogP contribution in [0.25, 0.3) is 0 Å². The number of amides is 2. The molecule has 0 spiro atoms. The number of carboxylic acid groups (broad SMARTS) is 1. The Balaban J connectivity index is 2.13. The van der Waals surface area contributed by atoms with Crippen molar-refractivity contribution in [1.29, 1.82) is 0 Å². The molecule has 2 rings (SSSR count). The highest BCUT2D eigenvalue weighted by molar-refractivity contribution is 6.00. The van der Waals surface area contributed by atoms with Crippen molar-refractivity contribution in [3.8, 4) is 0 Å². The molecule has 0 radical (unpaired) electrons. The van der Waals surface area contributed by atoms with Crippen molar-refractivity contribution in [2.75, 3.05) is 31.7 Å². The molecule has 1 aliphatic rings. The van der Waals surface area contributed by atoms with E-state index in [4.69, 9.17) is 9.84 Å². The van der Waals surface area contributed by atoms with Crippen molar-refractivity contribution in [1.82, 2.24) is 4.90 Å². The Morgan fingerprint density at radius 2 is 2.15 bits per heavy atom. The first-order chi connectivity index (χ1) is 9.63. The van der Waals surface area contributed by atoms with Crippen LogP contribution in [0.4, 0.5) is 10.5 Å². The maximum absolute atomic E-state index is 12.2. The number of carboxylic acids is 1. The number of aliphatic hydroxyl groups excluding tert-OH is 1. The van der Waals surface area contributed by atoms with Crippen LogP contribution >= 0.6 is 0 Å². The van der Waals surface area contributed by atoms with Crippen LogP contribution < -0.4 is 5.32 Å². The molecule has 1 saturated heterocycles. The number of aromatic carboxylic acids is 1. The quantitative estimate of drug-likeness (QED) is 0.753. The SMILES string of the molecule is O=C(O)c1ccccc1NC(=O)N1CCOCC1CO. The summed E-state index contributed by atoms with van der Waals surface area (Å²) in [5.41, 5.74) is 0.253. The number of para-hydroxylation sites is 1. The lowest BCUT2D eigenvalue weighted by molar-refractivity contribution is -0.00485. The smallest absolute Gasteiger partial charge is 0.337 e. The largest absolute Gasteiger partial charge is 0.478 e. The molecular weight excluding hydrogens is 264 g/mol. The minimum Gasteiger partial charge on any atom is -0.478 e. The lowest BCUT2D eigenvalue weighted by atomic mass is 10.2. The van der Waals surface area contributed by atoms with E-state index >= 15 is 0 Å². The number of nitrogens with one attached hydrogen (secondary N) is 1. The van der Waals surface area contributed by atoms with E-state index in [1.807, 2.05) is 0 Å². The number of morpholine rings is 1. The Hall–Kier alpha value is -2.12. The molecule has 108 valence electrons. The maximum Gasteiger partial charge on any atom is 0.337 e. The summed E-state index contributed by atoms with van der Waals surface area (Å²) in [5, 5.41) is 20.9. The Labute approximate surface area is 115 Å². The molecule has 20 heavy (non-hydrogen) atoms. The minimum atomic E-state index is -1.11. The van der Waals surface area contributed by atoms with Crippen LogP contribution in [0.5, 0.6) is 0 Å². The fourth-order valence-electron chi connectivity index (χ4n) is 2.04. The van der Waals surface area contributed by atoms with Crippen molar-refractivity contribution in [3.05, 3.63) is 29.8 Å². The zero-order chi connectivity index (χ0) is 14.5. The molecule has 1 fully saturated rings. The van der Waals surface area contributed by atoms with Crippen molar-refractivity contribution in [3.63, 3.8) is 0 Å². The second kappa shape index (κ2) is 6.36. The highest BCUT2D eigenvalue weighted by Crippen LogP contribution is 2.17. The molecule has 7 nitrogen and oxygen atoms in total. The molecule has 1 aromatic rings. The molecule has 0 aliphatic carbocycles. The van der Waals surface area contributed by atoms with Crippen LogP contribution in [0.2, 0.25) is 0 Å². The number of aliphatic hydroxyl groups is 1. The number of hydrogen-bond donors (Lipinski definition) is 3. The molecule has 1 heterocycles. The van der Waals surface area contributed by atoms with Crippen LogP contribution in [0.15, 0.2) is 24.3 Å². The van der Waals surface area contributed by atoms with Crippen LogP contribution in [0.3, 0.4) is 0 Å². The van der Waals surface area contributed by atoms with Crippen LogP contribution in [-0.2, 0) is 4.74 Å². The molecule has 1 unspecified atom stereocenters. The Kier molecular flexibility index (Phi) is 4.54. The van der Waals surface area contributed by atoms with Gasteiger partial charge in [0.15, 0.2) is 0 Å². The maximum atomic E-state index is 12.2. The molecule has 0 saturated carbocycles. The van der Waals surface area contributed by atoms with E-state index in [2.05, 4.69) is 5.32 Å². The van der Waals surface area contributed by atoms with Gasteiger partial charge in [-0.25, -0.2) is 9.59 Å². The van der Waals surface area contributed by atoms with E-state index in [1.165, 1.54) is 17.0 Å². The number of benzene rings is 1. The first kappa shape index (κ1) is 14.3. The van der Waals surface area contributed by atoms with Gasteiger partial charge in [-0.15, -0.1) is 0 Å². The van der Waals surface area contributed by atoms with Gasteiger partial charge in [-0.1, -0.05) is 12.1 Å². The number of carbonyl (C=O) groups is 2. The third-order valence-electron chi connectivity index (χ3n) is 3.10. The van der Waals surface area contributed by atoms with Gasteiger partial charge in [0.25, 0.3) is 0 Å². The summed E-state index contributed by atoms with van der Waals surface area (Å²) in [4.78, 5) is 24.7. The van der Waals surface area contributed by atoms with Gasteiger partial charge >= 0.3 is 12.0 Å². The monoisotopic (exact) mass is 280 g/mol. The molecule has 1 aliphatic heterocycles. The summed E-state index contributed by atoms with van der Waals surface area (Å²) in [6.07, 6.45) is 0. The van der Waals surface area contributed by atoms with E-state index < -0.39 is 18.0 Å². The number of nitrogens with zero attached hydrogens (tertiary/aromatic N) is 1. The molecule has 1 atom stereocenters. The molecule has 0 aromatic heterocycles. The summed E-state index contributed by atoms with van der Waals surface area (Å²) < 4.78 is 5.19. The van der Waals surface area contributed by atoms with Gasteiger partial charge in [0, 0.05) is 6.54 Å². The highest BCUT2D eigenvalue weighted by Gasteiger charge is 2.27. The summed E-state index contributed by atoms with van der Waals surface area (Å²) >= 11 is 0. The van der Waals surface area contributed by atoms with E-state index in [1.54, 1.807) is 12.1 Å². The second-order valence-electron chi connectivity index (χ2n) is 4.39. The third-order valence-corrected chi connectivity index (χ3v) is 3.10. The van der Waals surface area contributed by atoms with E-state index in [9.17, 15) is 14.7 Å². The number of carbonyl (C=O) groups excluding carboxylic acids is 1. The van der Waals surface area contributed by atoms with Gasteiger partial charge in [0.1, 0.15) is 0 Å². The molecule has 0 bridgehead atoms. The van der Waals surface area contributed by atoms with Gasteiger partial charge in [-0.2, -0.15) is 0 Å². The normalized spacial score (nSPS) is 18.6. The Bertz CT molecular complexity index is 505. The minimum absolute atomic E-state index is 0.0228. The summed E-state index contributed by atoms with van der Waals surface area (Å²) in [6, 6.07) is 5.31. The molecule has 1 aromatic carbocycles. The molecule has 7 heteroatoms. The predicted molar refractivity (Wildman–Crippen MR) is 70.8 cm³/mol. The Morgan fingerprint density at radius 3 is 2.85 bits per heavy atom. The van der Waals surface area contributed by atoms with Gasteiger partial charge < -0.3 is 25.2 Å². The van der Waals surface area contributed by atoms with E-state index in [0.29, 0.717) is 13.2 Å². The zero-order valence-electron chi connectivity index (χ0n) is 10.8. The topological polar surface area (TPSA) is 99.1 Å². The lowest BCUT2D eigenvalue weighted by Crippen LogP contribution is -2.52. The number of anilines is 1. The van der Waals surface area contributed by atoms with E-state index in [-0.39, 0.29) is 24.5 Å². The second-order valence-corrected chi connectivity index (χ2v) is 4.39. The Morgan fingerprint density at radius 1 is 1.40 bits per heavy atom. The van der Waals surface area contributed by atoms with Crippen molar-refractivity contribution < 1.29 is 24.5 Å². The molecule has 3 N–H and O–H groups in total. The van der Waals surface area contributed by atoms with Crippen LogP contribution in [-0.4, -0.2) is 59.5 Å². The summed E-state index contributed by atoms with van der Waals surface area (Å²) in [5.74, 6) is -1.11. The first-order valence-corrected chi connectivity index (χ1v) is 6.22. The standard InChI is InChI=1S/C13H16N2O5/c16-7-9-8-20-6-5-15(9)13(19)14-11-4-2-1-3-10(11)12(17)18/h1-4,9,16H,5-8H2,(H,14,19)(H,17,18).